The molecule has 0 fully saturated rings. The number of ether oxygens (including phenoxy) is 1. The van der Waals surface area contributed by atoms with Crippen molar-refractivity contribution in [3.05, 3.63) is 63.6 Å². The number of benzene rings is 2. The summed E-state index contributed by atoms with van der Waals surface area (Å²) in [5.74, 6) is -0.380. The van der Waals surface area contributed by atoms with Crippen molar-refractivity contribution < 1.29 is 9.53 Å². The second-order valence-electron chi connectivity index (χ2n) is 4.34. The molecule has 0 aliphatic heterocycles. The van der Waals surface area contributed by atoms with Crippen LogP contribution in [0.2, 0.25) is 0 Å². The SMILES string of the molecule is Cc1cccc(COC(=O)c2cc(N)cc(Br)c2)c1. The van der Waals surface area contributed by atoms with Crippen molar-refractivity contribution in [1.29, 1.82) is 0 Å². The number of nitrogen functional groups attached to an aromatic ring is 1. The van der Waals surface area contributed by atoms with Gasteiger partial charge in [0.15, 0.2) is 0 Å². The molecule has 0 amide bonds. The molecule has 0 saturated carbocycles. The van der Waals surface area contributed by atoms with Gasteiger partial charge >= 0.3 is 5.97 Å². The molecule has 3 nitrogen and oxygen atoms in total. The van der Waals surface area contributed by atoms with Gasteiger partial charge in [0.1, 0.15) is 6.61 Å². The molecule has 0 unspecified atom stereocenters. The number of hydrogen-bond acceptors (Lipinski definition) is 3. The second-order valence-corrected chi connectivity index (χ2v) is 5.25. The van der Waals surface area contributed by atoms with Gasteiger partial charge in [-0.1, -0.05) is 45.8 Å². The Kier molecular flexibility index (Phi) is 4.22. The lowest BCUT2D eigenvalue weighted by Gasteiger charge is -2.07. The van der Waals surface area contributed by atoms with E-state index in [1.54, 1.807) is 18.2 Å². The van der Waals surface area contributed by atoms with Crippen LogP contribution in [0, 0.1) is 6.92 Å². The molecule has 0 aromatic heterocycles. The minimum atomic E-state index is -0.380. The summed E-state index contributed by atoms with van der Waals surface area (Å²) in [5.41, 5.74) is 8.76. The molecule has 0 saturated heterocycles. The number of carbonyl (C=O) groups excluding carboxylic acids is 1. The zero-order valence-corrected chi connectivity index (χ0v) is 12.1. The van der Waals surface area contributed by atoms with Crippen molar-refractivity contribution in [2.45, 2.75) is 13.5 Å². The third kappa shape index (κ3) is 3.83. The first-order valence-corrected chi connectivity index (χ1v) is 6.62. The lowest BCUT2D eigenvalue weighted by Crippen LogP contribution is -2.06. The van der Waals surface area contributed by atoms with Crippen LogP contribution in [0.3, 0.4) is 0 Å². The Labute approximate surface area is 120 Å². The van der Waals surface area contributed by atoms with Gasteiger partial charge in [0.25, 0.3) is 0 Å². The van der Waals surface area contributed by atoms with E-state index >= 15 is 0 Å². The molecule has 2 rings (SSSR count). The van der Waals surface area contributed by atoms with Crippen LogP contribution in [-0.4, -0.2) is 5.97 Å². The molecule has 4 heteroatoms. The van der Waals surface area contributed by atoms with E-state index in [-0.39, 0.29) is 12.6 Å². The van der Waals surface area contributed by atoms with Crippen LogP contribution in [0.15, 0.2) is 46.9 Å². The van der Waals surface area contributed by atoms with Gasteiger partial charge in [-0.05, 0) is 30.7 Å². The molecule has 98 valence electrons. The molecule has 0 bridgehead atoms. The molecule has 0 aliphatic rings. The van der Waals surface area contributed by atoms with Crippen LogP contribution >= 0.6 is 15.9 Å². The number of esters is 1. The van der Waals surface area contributed by atoms with Crippen LogP contribution in [0.5, 0.6) is 0 Å². The van der Waals surface area contributed by atoms with E-state index in [4.69, 9.17) is 10.5 Å². The average molecular weight is 320 g/mol. The molecular formula is C15H14BrNO2. The van der Waals surface area contributed by atoms with Crippen molar-refractivity contribution >= 4 is 27.6 Å². The third-order valence-electron chi connectivity index (χ3n) is 2.61. The van der Waals surface area contributed by atoms with Gasteiger partial charge < -0.3 is 10.5 Å². The predicted octanol–water partition coefficient (Wildman–Crippen LogP) is 3.70. The Bertz CT molecular complexity index is 591. The zero-order chi connectivity index (χ0) is 13.8. The van der Waals surface area contributed by atoms with E-state index in [9.17, 15) is 4.79 Å². The summed E-state index contributed by atoms with van der Waals surface area (Å²) in [6, 6.07) is 12.9. The number of aryl methyl sites for hydroxylation is 1. The molecule has 0 aliphatic carbocycles. The van der Waals surface area contributed by atoms with Gasteiger partial charge in [-0.15, -0.1) is 0 Å². The highest BCUT2D eigenvalue weighted by atomic mass is 79.9. The maximum atomic E-state index is 11.9. The van der Waals surface area contributed by atoms with Crippen LogP contribution < -0.4 is 5.73 Å². The predicted molar refractivity (Wildman–Crippen MR) is 78.9 cm³/mol. The number of nitrogens with two attached hydrogens (primary N) is 1. The van der Waals surface area contributed by atoms with Gasteiger partial charge in [0, 0.05) is 10.2 Å². The molecule has 2 aromatic rings. The molecule has 0 radical (unpaired) electrons. The fourth-order valence-corrected chi connectivity index (χ4v) is 2.28. The number of carbonyl (C=O) groups is 1. The first-order valence-electron chi connectivity index (χ1n) is 5.83. The van der Waals surface area contributed by atoms with E-state index < -0.39 is 0 Å². The molecular weight excluding hydrogens is 306 g/mol. The van der Waals surface area contributed by atoms with Crippen molar-refractivity contribution in [3.8, 4) is 0 Å². The number of halogens is 1. The number of rotatable bonds is 3. The Morgan fingerprint density at radius 1 is 1.26 bits per heavy atom. The summed E-state index contributed by atoms with van der Waals surface area (Å²) in [6.07, 6.45) is 0. The minimum Gasteiger partial charge on any atom is -0.457 e. The van der Waals surface area contributed by atoms with E-state index in [0.717, 1.165) is 15.6 Å². The first-order chi connectivity index (χ1) is 9.04. The van der Waals surface area contributed by atoms with Crippen LogP contribution in [0.4, 0.5) is 5.69 Å². The molecule has 19 heavy (non-hydrogen) atoms. The van der Waals surface area contributed by atoms with Crippen molar-refractivity contribution in [1.82, 2.24) is 0 Å². The Balaban J connectivity index is 2.05. The number of hydrogen-bond donors (Lipinski definition) is 1. The normalized spacial score (nSPS) is 10.2. The molecule has 0 heterocycles. The monoisotopic (exact) mass is 319 g/mol. The van der Waals surface area contributed by atoms with Crippen LogP contribution in [-0.2, 0) is 11.3 Å². The highest BCUT2D eigenvalue weighted by Gasteiger charge is 2.09. The molecule has 0 atom stereocenters. The topological polar surface area (TPSA) is 52.3 Å². The van der Waals surface area contributed by atoms with E-state index in [2.05, 4.69) is 15.9 Å². The van der Waals surface area contributed by atoms with Crippen molar-refractivity contribution in [3.63, 3.8) is 0 Å². The van der Waals surface area contributed by atoms with Crippen LogP contribution in [0.1, 0.15) is 21.5 Å². The minimum absolute atomic E-state index is 0.257. The third-order valence-corrected chi connectivity index (χ3v) is 3.07. The maximum Gasteiger partial charge on any atom is 0.338 e. The zero-order valence-electron chi connectivity index (χ0n) is 10.5. The summed E-state index contributed by atoms with van der Waals surface area (Å²) in [7, 11) is 0. The lowest BCUT2D eigenvalue weighted by atomic mass is 10.1. The molecule has 2 aromatic carbocycles. The molecule has 2 N–H and O–H groups in total. The first kappa shape index (κ1) is 13.6. The summed E-state index contributed by atoms with van der Waals surface area (Å²) in [5, 5.41) is 0. The summed E-state index contributed by atoms with van der Waals surface area (Å²) < 4.78 is 6.02. The van der Waals surface area contributed by atoms with Gasteiger partial charge in [-0.2, -0.15) is 0 Å². The van der Waals surface area contributed by atoms with Gasteiger partial charge in [0.05, 0.1) is 5.56 Å². The second kappa shape index (κ2) is 5.89. The number of anilines is 1. The van der Waals surface area contributed by atoms with Gasteiger partial charge in [-0.3, -0.25) is 0 Å². The molecule has 0 spiro atoms. The van der Waals surface area contributed by atoms with Gasteiger partial charge in [0.2, 0.25) is 0 Å². The largest absolute Gasteiger partial charge is 0.457 e. The van der Waals surface area contributed by atoms with E-state index in [0.29, 0.717) is 11.3 Å². The fourth-order valence-electron chi connectivity index (χ4n) is 1.76. The summed E-state index contributed by atoms with van der Waals surface area (Å²) >= 11 is 3.30. The summed E-state index contributed by atoms with van der Waals surface area (Å²) in [4.78, 5) is 11.9. The smallest absolute Gasteiger partial charge is 0.338 e. The summed E-state index contributed by atoms with van der Waals surface area (Å²) in [6.45, 7) is 2.26. The van der Waals surface area contributed by atoms with Crippen molar-refractivity contribution in [2.75, 3.05) is 5.73 Å². The highest BCUT2D eigenvalue weighted by molar-refractivity contribution is 9.10. The van der Waals surface area contributed by atoms with E-state index in [1.165, 1.54) is 0 Å². The van der Waals surface area contributed by atoms with Gasteiger partial charge in [-0.25, -0.2) is 4.79 Å². The Morgan fingerprint density at radius 2 is 2.05 bits per heavy atom. The van der Waals surface area contributed by atoms with Crippen molar-refractivity contribution in [2.24, 2.45) is 0 Å². The van der Waals surface area contributed by atoms with E-state index in [1.807, 2.05) is 31.2 Å². The average Bonchev–Trinajstić information content (AvgIpc) is 2.35. The standard InChI is InChI=1S/C15H14BrNO2/c1-10-3-2-4-11(5-10)9-19-15(18)12-6-13(16)8-14(17)7-12/h2-8H,9,17H2,1H3. The Morgan fingerprint density at radius 3 is 2.74 bits per heavy atom. The maximum absolute atomic E-state index is 11.9. The fraction of sp³-hybridized carbons (Fsp3) is 0.133. The Hall–Kier alpha value is -1.81. The lowest BCUT2D eigenvalue weighted by molar-refractivity contribution is 0.0472. The highest BCUT2D eigenvalue weighted by Crippen LogP contribution is 2.18. The quantitative estimate of drug-likeness (QED) is 0.693. The van der Waals surface area contributed by atoms with Crippen LogP contribution in [0.25, 0.3) is 0 Å².